The van der Waals surface area contributed by atoms with Crippen LogP contribution in [0.25, 0.3) is 0 Å². The Morgan fingerprint density at radius 1 is 1.33 bits per heavy atom. The lowest BCUT2D eigenvalue weighted by molar-refractivity contribution is -0.149. The molecule has 1 saturated carbocycles. The largest absolute Gasteiger partial charge is 0.378 e. The van der Waals surface area contributed by atoms with Crippen LogP contribution in [0.3, 0.4) is 0 Å². The fourth-order valence-corrected chi connectivity index (χ4v) is 3.48. The highest BCUT2D eigenvalue weighted by molar-refractivity contribution is 5.85. The average Bonchev–Trinajstić information content (AvgIpc) is 2.38. The standard InChI is InChI=1S/C16H32N2O2.ClH/c1-6-16(7-2)13(10-14(16)20-8-3)18-15(19)12(17)9-11(4)5;/h11-14H,6-10,17H2,1-5H3,(H,18,19);1H/t12-,13?,14?;/m0./s1. The minimum absolute atomic E-state index is 0. The van der Waals surface area contributed by atoms with Crippen LogP contribution in [0.4, 0.5) is 0 Å². The SMILES string of the molecule is CCOC1CC(NC(=O)[C@@H](N)CC(C)C)C1(CC)CC.Cl. The van der Waals surface area contributed by atoms with Gasteiger partial charge in [-0.25, -0.2) is 0 Å². The Morgan fingerprint density at radius 2 is 1.90 bits per heavy atom. The molecule has 0 saturated heterocycles. The molecule has 1 fully saturated rings. The predicted molar refractivity (Wildman–Crippen MR) is 89.7 cm³/mol. The second-order valence-electron chi connectivity index (χ2n) is 6.42. The van der Waals surface area contributed by atoms with Crippen molar-refractivity contribution in [3.05, 3.63) is 0 Å². The number of nitrogens with one attached hydrogen (secondary N) is 1. The Kier molecular flexibility index (Phi) is 8.83. The third kappa shape index (κ3) is 4.57. The summed E-state index contributed by atoms with van der Waals surface area (Å²) in [6, 6.07) is -0.188. The fourth-order valence-electron chi connectivity index (χ4n) is 3.48. The molecule has 0 aromatic heterocycles. The zero-order valence-electron chi connectivity index (χ0n) is 14.1. The van der Waals surface area contributed by atoms with Crippen molar-refractivity contribution in [3.8, 4) is 0 Å². The molecule has 0 aromatic carbocycles. The van der Waals surface area contributed by atoms with E-state index in [9.17, 15) is 4.79 Å². The first-order chi connectivity index (χ1) is 9.41. The Bertz CT molecular complexity index is 319. The molecule has 3 atom stereocenters. The number of nitrogens with two attached hydrogens (primary N) is 1. The predicted octanol–water partition coefficient (Wildman–Crippen LogP) is 2.88. The zero-order chi connectivity index (χ0) is 15.3. The molecular formula is C16H33ClN2O2. The van der Waals surface area contributed by atoms with Gasteiger partial charge in [-0.2, -0.15) is 0 Å². The van der Waals surface area contributed by atoms with Crippen LogP contribution >= 0.6 is 12.4 Å². The lowest BCUT2D eigenvalue weighted by Crippen LogP contribution is -2.65. The Balaban J connectivity index is 0.00000400. The topological polar surface area (TPSA) is 64.3 Å². The average molecular weight is 321 g/mol. The molecule has 0 heterocycles. The third-order valence-electron chi connectivity index (χ3n) is 4.85. The van der Waals surface area contributed by atoms with E-state index in [1.165, 1.54) is 0 Å². The Labute approximate surface area is 136 Å². The molecule has 4 nitrogen and oxygen atoms in total. The molecule has 1 aliphatic carbocycles. The number of carbonyl (C=O) groups excluding carboxylic acids is 1. The number of hydrogen-bond donors (Lipinski definition) is 2. The van der Waals surface area contributed by atoms with Gasteiger partial charge >= 0.3 is 0 Å². The van der Waals surface area contributed by atoms with Crippen LogP contribution in [0.2, 0.25) is 0 Å². The smallest absolute Gasteiger partial charge is 0.237 e. The number of hydrogen-bond acceptors (Lipinski definition) is 3. The van der Waals surface area contributed by atoms with Crippen molar-refractivity contribution in [2.75, 3.05) is 6.61 Å². The fraction of sp³-hybridized carbons (Fsp3) is 0.938. The van der Waals surface area contributed by atoms with Gasteiger partial charge in [0.2, 0.25) is 5.91 Å². The minimum Gasteiger partial charge on any atom is -0.378 e. The van der Waals surface area contributed by atoms with Gasteiger partial charge in [0.05, 0.1) is 12.1 Å². The van der Waals surface area contributed by atoms with Crippen LogP contribution < -0.4 is 11.1 Å². The molecule has 0 aromatic rings. The molecule has 0 bridgehead atoms. The maximum Gasteiger partial charge on any atom is 0.237 e. The van der Waals surface area contributed by atoms with E-state index in [4.69, 9.17) is 10.5 Å². The molecule has 0 spiro atoms. The number of halogens is 1. The van der Waals surface area contributed by atoms with Gasteiger partial charge in [-0.15, -0.1) is 12.4 Å². The highest BCUT2D eigenvalue weighted by Crippen LogP contribution is 2.48. The van der Waals surface area contributed by atoms with Gasteiger partial charge < -0.3 is 15.8 Å². The monoisotopic (exact) mass is 320 g/mol. The van der Waals surface area contributed by atoms with Gasteiger partial charge in [-0.3, -0.25) is 4.79 Å². The van der Waals surface area contributed by atoms with Crippen LogP contribution in [0.15, 0.2) is 0 Å². The van der Waals surface area contributed by atoms with E-state index in [-0.39, 0.29) is 35.9 Å². The highest BCUT2D eigenvalue weighted by atomic mass is 35.5. The quantitative estimate of drug-likeness (QED) is 0.722. The van der Waals surface area contributed by atoms with E-state index in [2.05, 4.69) is 33.0 Å². The molecule has 2 unspecified atom stereocenters. The van der Waals surface area contributed by atoms with Crippen molar-refractivity contribution in [2.45, 2.75) is 78.5 Å². The molecule has 126 valence electrons. The van der Waals surface area contributed by atoms with Gasteiger partial charge in [0, 0.05) is 18.1 Å². The molecule has 1 amide bonds. The van der Waals surface area contributed by atoms with Crippen molar-refractivity contribution in [3.63, 3.8) is 0 Å². The Morgan fingerprint density at radius 3 is 2.33 bits per heavy atom. The summed E-state index contributed by atoms with van der Waals surface area (Å²) in [5.74, 6) is 0.431. The van der Waals surface area contributed by atoms with Crippen LogP contribution in [0.5, 0.6) is 0 Å². The molecule has 0 aliphatic heterocycles. The van der Waals surface area contributed by atoms with Crippen molar-refractivity contribution in [1.82, 2.24) is 5.32 Å². The molecular weight excluding hydrogens is 288 g/mol. The summed E-state index contributed by atoms with van der Waals surface area (Å²) >= 11 is 0. The van der Waals surface area contributed by atoms with E-state index in [0.717, 1.165) is 32.3 Å². The van der Waals surface area contributed by atoms with E-state index >= 15 is 0 Å². The number of amides is 1. The third-order valence-corrected chi connectivity index (χ3v) is 4.85. The molecule has 21 heavy (non-hydrogen) atoms. The molecule has 5 heteroatoms. The Hall–Kier alpha value is -0.320. The van der Waals surface area contributed by atoms with Crippen molar-refractivity contribution < 1.29 is 9.53 Å². The summed E-state index contributed by atoms with van der Waals surface area (Å²) in [6.45, 7) is 11.3. The molecule has 3 N–H and O–H groups in total. The van der Waals surface area contributed by atoms with Crippen molar-refractivity contribution in [2.24, 2.45) is 17.1 Å². The van der Waals surface area contributed by atoms with Crippen molar-refractivity contribution in [1.29, 1.82) is 0 Å². The van der Waals surface area contributed by atoms with Gasteiger partial charge in [0.1, 0.15) is 0 Å². The van der Waals surface area contributed by atoms with E-state index in [0.29, 0.717) is 5.92 Å². The minimum atomic E-state index is -0.396. The molecule has 1 rings (SSSR count). The van der Waals surface area contributed by atoms with Gasteiger partial charge in [0.25, 0.3) is 0 Å². The van der Waals surface area contributed by atoms with Crippen LogP contribution in [-0.2, 0) is 9.53 Å². The first kappa shape index (κ1) is 20.7. The zero-order valence-corrected chi connectivity index (χ0v) is 15.0. The maximum atomic E-state index is 12.2. The second-order valence-corrected chi connectivity index (χ2v) is 6.42. The van der Waals surface area contributed by atoms with Crippen LogP contribution in [-0.4, -0.2) is 30.7 Å². The second kappa shape index (κ2) is 8.96. The van der Waals surface area contributed by atoms with Crippen LogP contribution in [0.1, 0.15) is 60.3 Å². The number of carbonyl (C=O) groups is 1. The van der Waals surface area contributed by atoms with Crippen molar-refractivity contribution >= 4 is 18.3 Å². The normalized spacial score (nSPS) is 24.9. The van der Waals surface area contributed by atoms with Gasteiger partial charge in [0.15, 0.2) is 0 Å². The lowest BCUT2D eigenvalue weighted by Gasteiger charge is -2.55. The van der Waals surface area contributed by atoms with E-state index in [1.807, 2.05) is 6.92 Å². The lowest BCUT2D eigenvalue weighted by atomic mass is 9.58. The highest BCUT2D eigenvalue weighted by Gasteiger charge is 2.53. The first-order valence-corrected chi connectivity index (χ1v) is 8.08. The van der Waals surface area contributed by atoms with Gasteiger partial charge in [-0.05, 0) is 38.5 Å². The summed E-state index contributed by atoms with van der Waals surface area (Å²) in [7, 11) is 0. The summed E-state index contributed by atoms with van der Waals surface area (Å²) in [5, 5.41) is 3.16. The van der Waals surface area contributed by atoms with Gasteiger partial charge in [-0.1, -0.05) is 27.7 Å². The number of ether oxygens (including phenoxy) is 1. The van der Waals surface area contributed by atoms with E-state index in [1.54, 1.807) is 0 Å². The maximum absolute atomic E-state index is 12.2. The summed E-state index contributed by atoms with van der Waals surface area (Å²) < 4.78 is 5.83. The van der Waals surface area contributed by atoms with Crippen LogP contribution in [0, 0.1) is 11.3 Å². The first-order valence-electron chi connectivity index (χ1n) is 8.08. The molecule has 0 radical (unpaired) electrons. The number of rotatable bonds is 8. The molecule has 1 aliphatic rings. The summed E-state index contributed by atoms with van der Waals surface area (Å²) in [6.07, 6.45) is 3.97. The summed E-state index contributed by atoms with van der Waals surface area (Å²) in [5.41, 5.74) is 6.05. The van der Waals surface area contributed by atoms with E-state index < -0.39 is 6.04 Å². The summed E-state index contributed by atoms with van der Waals surface area (Å²) in [4.78, 5) is 12.2.